The summed E-state index contributed by atoms with van der Waals surface area (Å²) in [7, 11) is -3.53. The standard InChI is InChI=1S/C26H36ClN3O4S/c1-6-24(26(32)28-19(2)3)29(18-21-12-7-8-14-23(21)27)25(31)15-10-16-30(35(5,33)34)22-13-9-11-20(4)17-22/h7-9,11-14,17,19,24H,6,10,15-16,18H2,1-5H3,(H,28,32). The Morgan fingerprint density at radius 3 is 2.34 bits per heavy atom. The molecule has 35 heavy (non-hydrogen) atoms. The first-order chi connectivity index (χ1) is 16.4. The van der Waals surface area contributed by atoms with Gasteiger partial charge in [0.2, 0.25) is 21.8 Å². The van der Waals surface area contributed by atoms with Crippen LogP contribution in [0.3, 0.4) is 0 Å². The smallest absolute Gasteiger partial charge is 0.243 e. The fourth-order valence-electron chi connectivity index (χ4n) is 3.90. The number of hydrogen-bond donors (Lipinski definition) is 1. The maximum absolute atomic E-state index is 13.4. The fourth-order valence-corrected chi connectivity index (χ4v) is 5.05. The predicted octanol–water partition coefficient (Wildman–Crippen LogP) is 4.53. The highest BCUT2D eigenvalue weighted by Crippen LogP contribution is 2.22. The second-order valence-corrected chi connectivity index (χ2v) is 11.3. The second-order valence-electron chi connectivity index (χ2n) is 8.98. The number of anilines is 1. The molecule has 0 saturated heterocycles. The molecule has 0 bridgehead atoms. The summed E-state index contributed by atoms with van der Waals surface area (Å²) in [6.45, 7) is 7.85. The second kappa shape index (κ2) is 12.9. The number of sulfonamides is 1. The van der Waals surface area contributed by atoms with Crippen molar-refractivity contribution in [3.05, 3.63) is 64.7 Å². The van der Waals surface area contributed by atoms with Crippen molar-refractivity contribution in [2.24, 2.45) is 0 Å². The summed E-state index contributed by atoms with van der Waals surface area (Å²) < 4.78 is 26.2. The monoisotopic (exact) mass is 521 g/mol. The van der Waals surface area contributed by atoms with E-state index in [-0.39, 0.29) is 37.4 Å². The van der Waals surface area contributed by atoms with Crippen molar-refractivity contribution in [2.75, 3.05) is 17.1 Å². The van der Waals surface area contributed by atoms with Gasteiger partial charge in [-0.15, -0.1) is 0 Å². The van der Waals surface area contributed by atoms with Gasteiger partial charge in [-0.1, -0.05) is 48.9 Å². The Balaban J connectivity index is 2.23. The van der Waals surface area contributed by atoms with Crippen molar-refractivity contribution < 1.29 is 18.0 Å². The molecule has 0 aliphatic carbocycles. The molecule has 1 N–H and O–H groups in total. The fraction of sp³-hybridized carbons (Fsp3) is 0.462. The maximum Gasteiger partial charge on any atom is 0.243 e. The van der Waals surface area contributed by atoms with Crippen molar-refractivity contribution >= 4 is 39.1 Å². The third-order valence-corrected chi connectivity index (χ3v) is 7.12. The first-order valence-corrected chi connectivity index (χ1v) is 14.0. The Kier molecular flexibility index (Phi) is 10.6. The Hall–Kier alpha value is -2.58. The number of nitrogens with one attached hydrogen (secondary N) is 1. The van der Waals surface area contributed by atoms with Crippen LogP contribution < -0.4 is 9.62 Å². The summed E-state index contributed by atoms with van der Waals surface area (Å²) in [5.41, 5.74) is 2.26. The van der Waals surface area contributed by atoms with Gasteiger partial charge in [0.1, 0.15) is 6.04 Å². The molecule has 1 unspecified atom stereocenters. The lowest BCUT2D eigenvalue weighted by atomic mass is 10.1. The van der Waals surface area contributed by atoms with E-state index in [2.05, 4.69) is 5.32 Å². The van der Waals surface area contributed by atoms with Gasteiger partial charge in [0.25, 0.3) is 0 Å². The topological polar surface area (TPSA) is 86.8 Å². The molecule has 0 saturated carbocycles. The Labute approximate surface area is 214 Å². The lowest BCUT2D eigenvalue weighted by molar-refractivity contribution is -0.141. The molecular weight excluding hydrogens is 486 g/mol. The van der Waals surface area contributed by atoms with Crippen molar-refractivity contribution in [1.82, 2.24) is 10.2 Å². The van der Waals surface area contributed by atoms with Gasteiger partial charge in [-0.3, -0.25) is 13.9 Å². The van der Waals surface area contributed by atoms with Crippen LogP contribution in [-0.2, 0) is 26.2 Å². The van der Waals surface area contributed by atoms with Gasteiger partial charge in [0.05, 0.1) is 11.9 Å². The van der Waals surface area contributed by atoms with Crippen LogP contribution in [0.5, 0.6) is 0 Å². The summed E-state index contributed by atoms with van der Waals surface area (Å²) in [4.78, 5) is 27.9. The average Bonchev–Trinajstić information content (AvgIpc) is 2.76. The average molecular weight is 522 g/mol. The zero-order valence-electron chi connectivity index (χ0n) is 21.1. The zero-order chi connectivity index (χ0) is 26.2. The van der Waals surface area contributed by atoms with Crippen LogP contribution in [0.2, 0.25) is 5.02 Å². The first-order valence-electron chi connectivity index (χ1n) is 11.8. The highest BCUT2D eigenvalue weighted by Gasteiger charge is 2.29. The number of rotatable bonds is 12. The van der Waals surface area contributed by atoms with E-state index in [0.29, 0.717) is 23.6 Å². The molecule has 0 aromatic heterocycles. The molecule has 2 rings (SSSR count). The van der Waals surface area contributed by atoms with Crippen LogP contribution in [-0.4, -0.2) is 50.0 Å². The SMILES string of the molecule is CCC(C(=O)NC(C)C)N(Cc1ccccc1Cl)C(=O)CCCN(c1cccc(C)c1)S(C)(=O)=O. The van der Waals surface area contributed by atoms with E-state index in [0.717, 1.165) is 17.4 Å². The minimum absolute atomic E-state index is 0.0635. The third-order valence-electron chi connectivity index (χ3n) is 5.56. The number of hydrogen-bond acceptors (Lipinski definition) is 4. The van der Waals surface area contributed by atoms with E-state index in [4.69, 9.17) is 11.6 Å². The Bertz CT molecular complexity index is 1120. The van der Waals surface area contributed by atoms with Crippen LogP contribution in [0.15, 0.2) is 48.5 Å². The van der Waals surface area contributed by atoms with Gasteiger partial charge < -0.3 is 10.2 Å². The highest BCUT2D eigenvalue weighted by atomic mass is 35.5. The summed E-state index contributed by atoms with van der Waals surface area (Å²) in [6.07, 6.45) is 1.99. The molecule has 9 heteroatoms. The largest absolute Gasteiger partial charge is 0.352 e. The molecule has 0 aliphatic heterocycles. The van der Waals surface area contributed by atoms with Crippen LogP contribution in [0, 0.1) is 6.92 Å². The van der Waals surface area contributed by atoms with Crippen molar-refractivity contribution in [3.8, 4) is 0 Å². The van der Waals surface area contributed by atoms with E-state index < -0.39 is 16.1 Å². The number of carbonyl (C=O) groups is 2. The minimum Gasteiger partial charge on any atom is -0.352 e. The van der Waals surface area contributed by atoms with E-state index in [9.17, 15) is 18.0 Å². The number of halogens is 1. The summed E-state index contributed by atoms with van der Waals surface area (Å²) in [5, 5.41) is 3.42. The summed E-state index contributed by atoms with van der Waals surface area (Å²) >= 11 is 6.35. The molecular formula is C26H36ClN3O4S. The van der Waals surface area contributed by atoms with E-state index in [1.165, 1.54) is 4.31 Å². The van der Waals surface area contributed by atoms with Crippen LogP contribution in [0.25, 0.3) is 0 Å². The van der Waals surface area contributed by atoms with Gasteiger partial charge in [-0.2, -0.15) is 0 Å². The lowest BCUT2D eigenvalue weighted by Crippen LogP contribution is -2.50. The van der Waals surface area contributed by atoms with E-state index >= 15 is 0 Å². The first kappa shape index (κ1) is 28.7. The number of amides is 2. The van der Waals surface area contributed by atoms with Gasteiger partial charge in [-0.05, 0) is 62.9 Å². The number of nitrogens with zero attached hydrogens (tertiary/aromatic N) is 2. The van der Waals surface area contributed by atoms with Crippen LogP contribution in [0.4, 0.5) is 5.69 Å². The Morgan fingerprint density at radius 2 is 1.77 bits per heavy atom. The number of aryl methyl sites for hydroxylation is 1. The van der Waals surface area contributed by atoms with E-state index in [1.54, 1.807) is 29.2 Å². The van der Waals surface area contributed by atoms with Gasteiger partial charge in [-0.25, -0.2) is 8.42 Å². The molecule has 7 nitrogen and oxygen atoms in total. The third kappa shape index (κ3) is 8.54. The van der Waals surface area contributed by atoms with Crippen LogP contribution in [0.1, 0.15) is 51.2 Å². The molecule has 2 amide bonds. The molecule has 0 heterocycles. The van der Waals surface area contributed by atoms with E-state index in [1.807, 2.05) is 52.0 Å². The summed E-state index contributed by atoms with van der Waals surface area (Å²) in [5.74, 6) is -0.450. The molecule has 2 aromatic rings. The predicted molar refractivity (Wildman–Crippen MR) is 142 cm³/mol. The molecule has 0 fully saturated rings. The molecule has 192 valence electrons. The van der Waals surface area contributed by atoms with Crippen LogP contribution >= 0.6 is 11.6 Å². The van der Waals surface area contributed by atoms with Crippen molar-refractivity contribution in [1.29, 1.82) is 0 Å². The molecule has 0 spiro atoms. The number of carbonyl (C=O) groups excluding carboxylic acids is 2. The molecule has 0 radical (unpaired) electrons. The normalized spacial score (nSPS) is 12.3. The van der Waals surface area contributed by atoms with Gasteiger partial charge in [0.15, 0.2) is 0 Å². The molecule has 2 aromatic carbocycles. The molecule has 0 aliphatic rings. The van der Waals surface area contributed by atoms with Crippen molar-refractivity contribution in [3.63, 3.8) is 0 Å². The lowest BCUT2D eigenvalue weighted by Gasteiger charge is -2.32. The van der Waals surface area contributed by atoms with Crippen molar-refractivity contribution in [2.45, 2.75) is 65.6 Å². The number of benzene rings is 2. The quantitative estimate of drug-likeness (QED) is 0.444. The van der Waals surface area contributed by atoms with Gasteiger partial charge >= 0.3 is 0 Å². The zero-order valence-corrected chi connectivity index (χ0v) is 22.7. The maximum atomic E-state index is 13.4. The summed E-state index contributed by atoms with van der Waals surface area (Å²) in [6, 6.07) is 13.7. The highest BCUT2D eigenvalue weighted by molar-refractivity contribution is 7.92. The van der Waals surface area contributed by atoms with Gasteiger partial charge in [0, 0.05) is 30.6 Å². The minimum atomic E-state index is -3.53. The Morgan fingerprint density at radius 1 is 1.09 bits per heavy atom. The molecule has 1 atom stereocenters.